The number of anilines is 2. The Morgan fingerprint density at radius 1 is 1.26 bits per heavy atom. The predicted molar refractivity (Wildman–Crippen MR) is 91.9 cm³/mol. The van der Waals surface area contributed by atoms with Gasteiger partial charge in [-0.2, -0.15) is 0 Å². The van der Waals surface area contributed by atoms with E-state index in [9.17, 15) is 5.11 Å². The molecule has 1 aromatic carbocycles. The van der Waals surface area contributed by atoms with Crippen molar-refractivity contribution >= 4 is 38.5 Å². The van der Waals surface area contributed by atoms with Crippen molar-refractivity contribution in [2.75, 3.05) is 5.32 Å². The third-order valence-corrected chi connectivity index (χ3v) is 5.27. The number of hydrogen-bond acceptors (Lipinski definition) is 6. The van der Waals surface area contributed by atoms with Crippen molar-refractivity contribution in [3.8, 4) is 0 Å². The molecular formula is C17H15N3O2S. The molecule has 0 aliphatic heterocycles. The lowest BCUT2D eigenvalue weighted by molar-refractivity contribution is 0.286. The van der Waals surface area contributed by atoms with E-state index in [0.29, 0.717) is 0 Å². The first-order chi connectivity index (χ1) is 11.3. The lowest BCUT2D eigenvalue weighted by Crippen LogP contribution is -1.96. The molecule has 3 aromatic rings. The summed E-state index contributed by atoms with van der Waals surface area (Å²) in [6.07, 6.45) is 5.22. The molecule has 0 spiro atoms. The number of nitrogens with zero attached hydrogens (tertiary/aromatic N) is 2. The van der Waals surface area contributed by atoms with Crippen molar-refractivity contribution in [2.24, 2.45) is 5.16 Å². The number of aliphatic hydroxyl groups excluding tert-OH is 1. The predicted octanol–water partition coefficient (Wildman–Crippen LogP) is 3.66. The van der Waals surface area contributed by atoms with Crippen molar-refractivity contribution in [1.82, 2.24) is 4.98 Å². The minimum Gasteiger partial charge on any atom is -0.411 e. The van der Waals surface area contributed by atoms with Crippen LogP contribution >= 0.6 is 11.3 Å². The van der Waals surface area contributed by atoms with Gasteiger partial charge >= 0.3 is 0 Å². The van der Waals surface area contributed by atoms with Crippen LogP contribution in [-0.2, 0) is 13.0 Å². The maximum absolute atomic E-state index is 9.63. The Labute approximate surface area is 136 Å². The van der Waals surface area contributed by atoms with E-state index in [1.54, 1.807) is 17.5 Å². The largest absolute Gasteiger partial charge is 0.411 e. The topological polar surface area (TPSA) is 77.7 Å². The van der Waals surface area contributed by atoms with E-state index in [0.717, 1.165) is 50.5 Å². The third-order valence-electron chi connectivity index (χ3n) is 4.15. The van der Waals surface area contributed by atoms with E-state index >= 15 is 0 Å². The number of aromatic nitrogens is 1. The molecule has 0 amide bonds. The second kappa shape index (κ2) is 5.64. The van der Waals surface area contributed by atoms with E-state index in [1.807, 2.05) is 24.4 Å². The van der Waals surface area contributed by atoms with Gasteiger partial charge in [-0.25, -0.2) is 0 Å². The molecule has 2 heterocycles. The van der Waals surface area contributed by atoms with Gasteiger partial charge in [0.15, 0.2) is 0 Å². The molecule has 0 saturated heterocycles. The summed E-state index contributed by atoms with van der Waals surface area (Å²) in [7, 11) is 0. The standard InChI is InChI=1S/C17H15N3O2S/c21-9-16-17(13-5-6-18-8-15(13)23-16)19-11-2-3-12-10(7-11)1-4-14(12)20-22/h2-3,5-8,19,21-22H,1,4,9H2/b20-14+. The number of aliphatic hydroxyl groups is 1. The van der Waals surface area contributed by atoms with Gasteiger partial charge in [-0.05, 0) is 36.6 Å². The van der Waals surface area contributed by atoms with Crippen molar-refractivity contribution in [3.05, 3.63) is 52.7 Å². The summed E-state index contributed by atoms with van der Waals surface area (Å²) >= 11 is 1.55. The third kappa shape index (κ3) is 2.36. The van der Waals surface area contributed by atoms with E-state index < -0.39 is 0 Å². The Morgan fingerprint density at radius 2 is 2.17 bits per heavy atom. The summed E-state index contributed by atoms with van der Waals surface area (Å²) in [6, 6.07) is 7.99. The number of pyridine rings is 1. The summed E-state index contributed by atoms with van der Waals surface area (Å²) in [5.74, 6) is 0. The number of thiophene rings is 1. The molecule has 1 aliphatic carbocycles. The van der Waals surface area contributed by atoms with Crippen LogP contribution in [0.1, 0.15) is 22.4 Å². The second-order valence-electron chi connectivity index (χ2n) is 5.47. The van der Waals surface area contributed by atoms with E-state index in [-0.39, 0.29) is 6.61 Å². The zero-order valence-electron chi connectivity index (χ0n) is 12.3. The molecule has 5 nitrogen and oxygen atoms in total. The molecule has 3 N–H and O–H groups in total. The first-order valence-corrected chi connectivity index (χ1v) is 8.19. The summed E-state index contributed by atoms with van der Waals surface area (Å²) in [5, 5.41) is 26.5. The Bertz CT molecular complexity index is 917. The van der Waals surface area contributed by atoms with Gasteiger partial charge in [0, 0.05) is 29.0 Å². The van der Waals surface area contributed by atoms with E-state index in [1.165, 1.54) is 5.56 Å². The molecule has 0 saturated carbocycles. The Morgan fingerprint density at radius 3 is 3.00 bits per heavy atom. The van der Waals surface area contributed by atoms with Crippen LogP contribution < -0.4 is 5.32 Å². The fourth-order valence-corrected chi connectivity index (χ4v) is 4.03. The molecule has 4 rings (SSSR count). The van der Waals surface area contributed by atoms with Gasteiger partial charge in [0.1, 0.15) is 0 Å². The van der Waals surface area contributed by atoms with Crippen LogP contribution in [0, 0.1) is 0 Å². The number of benzene rings is 1. The maximum Gasteiger partial charge on any atom is 0.0873 e. The fourth-order valence-electron chi connectivity index (χ4n) is 3.05. The van der Waals surface area contributed by atoms with E-state index in [4.69, 9.17) is 5.21 Å². The monoisotopic (exact) mass is 325 g/mol. The minimum atomic E-state index is -0.00601. The molecule has 0 fully saturated rings. The summed E-state index contributed by atoms with van der Waals surface area (Å²) in [6.45, 7) is -0.00601. The number of aryl methyl sites for hydroxylation is 1. The van der Waals surface area contributed by atoms with Gasteiger partial charge < -0.3 is 15.6 Å². The first-order valence-electron chi connectivity index (χ1n) is 7.37. The maximum atomic E-state index is 9.63. The average Bonchev–Trinajstić information content (AvgIpc) is 3.16. The highest BCUT2D eigenvalue weighted by Gasteiger charge is 2.19. The van der Waals surface area contributed by atoms with Crippen molar-refractivity contribution in [1.29, 1.82) is 0 Å². The zero-order valence-corrected chi connectivity index (χ0v) is 13.1. The summed E-state index contributed by atoms with van der Waals surface area (Å²) < 4.78 is 1.05. The summed E-state index contributed by atoms with van der Waals surface area (Å²) in [5.41, 5.74) is 4.84. The molecule has 116 valence electrons. The van der Waals surface area contributed by atoms with Crippen LogP contribution in [-0.4, -0.2) is 21.0 Å². The SMILES string of the molecule is OCc1sc2cnccc2c1Nc1ccc2c(c1)CC/C2=N\O. The first kappa shape index (κ1) is 14.2. The van der Waals surface area contributed by atoms with E-state index in [2.05, 4.69) is 21.5 Å². The van der Waals surface area contributed by atoms with Crippen molar-refractivity contribution < 1.29 is 10.3 Å². The molecule has 2 aromatic heterocycles. The van der Waals surface area contributed by atoms with Crippen molar-refractivity contribution in [3.63, 3.8) is 0 Å². The minimum absolute atomic E-state index is 0.00601. The number of hydrogen-bond donors (Lipinski definition) is 3. The van der Waals surface area contributed by atoms with Crippen molar-refractivity contribution in [2.45, 2.75) is 19.4 Å². The average molecular weight is 325 g/mol. The number of rotatable bonds is 3. The molecule has 0 unspecified atom stereocenters. The Hall–Kier alpha value is -2.44. The van der Waals surface area contributed by atoms with Gasteiger partial charge in [-0.1, -0.05) is 11.2 Å². The molecule has 0 bridgehead atoms. The van der Waals surface area contributed by atoms with Gasteiger partial charge in [-0.15, -0.1) is 11.3 Å². The zero-order chi connectivity index (χ0) is 15.8. The highest BCUT2D eigenvalue weighted by Crippen LogP contribution is 2.37. The lowest BCUT2D eigenvalue weighted by Gasteiger charge is -2.09. The van der Waals surface area contributed by atoms with Crippen LogP contribution in [0.5, 0.6) is 0 Å². The molecule has 23 heavy (non-hydrogen) atoms. The van der Waals surface area contributed by atoms with Crippen LogP contribution in [0.25, 0.3) is 10.1 Å². The summed E-state index contributed by atoms with van der Waals surface area (Å²) in [4.78, 5) is 5.03. The normalized spacial score (nSPS) is 15.3. The molecular weight excluding hydrogens is 310 g/mol. The van der Waals surface area contributed by atoms with Crippen LogP contribution in [0.3, 0.4) is 0 Å². The molecule has 1 aliphatic rings. The van der Waals surface area contributed by atoms with Gasteiger partial charge in [-0.3, -0.25) is 4.98 Å². The number of fused-ring (bicyclic) bond motifs is 2. The van der Waals surface area contributed by atoms with Gasteiger partial charge in [0.25, 0.3) is 0 Å². The quantitative estimate of drug-likeness (QED) is 0.507. The molecule has 6 heteroatoms. The van der Waals surface area contributed by atoms with Gasteiger partial charge in [0.2, 0.25) is 0 Å². The van der Waals surface area contributed by atoms with Crippen LogP contribution in [0.2, 0.25) is 0 Å². The number of oxime groups is 1. The fraction of sp³-hybridized carbons (Fsp3) is 0.176. The highest BCUT2D eigenvalue weighted by atomic mass is 32.1. The smallest absolute Gasteiger partial charge is 0.0873 e. The van der Waals surface area contributed by atoms with Gasteiger partial charge in [0.05, 0.1) is 27.6 Å². The number of nitrogens with one attached hydrogen (secondary N) is 1. The molecule has 0 atom stereocenters. The van der Waals surface area contributed by atoms with Crippen LogP contribution in [0.4, 0.5) is 11.4 Å². The molecule has 0 radical (unpaired) electrons. The Balaban J connectivity index is 1.74. The highest BCUT2D eigenvalue weighted by molar-refractivity contribution is 7.19. The Kier molecular flexibility index (Phi) is 3.48. The lowest BCUT2D eigenvalue weighted by atomic mass is 10.1. The van der Waals surface area contributed by atoms with Crippen LogP contribution in [0.15, 0.2) is 41.8 Å². The second-order valence-corrected chi connectivity index (χ2v) is 6.61.